The summed E-state index contributed by atoms with van der Waals surface area (Å²) in [5.41, 5.74) is -0.210. The van der Waals surface area contributed by atoms with E-state index in [0.717, 1.165) is 25.2 Å². The highest BCUT2D eigenvalue weighted by atomic mass is 28.2. The van der Waals surface area contributed by atoms with Crippen molar-refractivity contribution in [1.82, 2.24) is 0 Å². The fourth-order valence-corrected chi connectivity index (χ4v) is 4.54. The van der Waals surface area contributed by atoms with Crippen molar-refractivity contribution in [3.63, 3.8) is 0 Å². The molecule has 0 N–H and O–H groups in total. The van der Waals surface area contributed by atoms with E-state index in [-0.39, 0.29) is 11.4 Å². The van der Waals surface area contributed by atoms with Gasteiger partial charge in [0.05, 0.1) is 5.41 Å². The monoisotopic (exact) mass is 270 g/mol. The molecule has 1 aliphatic rings. The van der Waals surface area contributed by atoms with Crippen LogP contribution in [0, 0.1) is 17.3 Å². The Morgan fingerprint density at radius 3 is 2.17 bits per heavy atom. The van der Waals surface area contributed by atoms with Gasteiger partial charge >= 0.3 is 0 Å². The molecule has 0 saturated heterocycles. The standard InChI is InChI=1S/C15H30O2Si/c1-4-13(12-10-8-7-9-11-12)15(5-2,6-3)14(16)17-18/h12-13H,4-11H2,1-3,18H3. The third-order valence-corrected chi connectivity index (χ3v) is 5.59. The van der Waals surface area contributed by atoms with E-state index in [9.17, 15) is 4.79 Å². The lowest BCUT2D eigenvalue weighted by atomic mass is 9.62. The molecule has 3 heteroatoms. The van der Waals surface area contributed by atoms with Crippen molar-refractivity contribution in [3.8, 4) is 0 Å². The Balaban J connectivity index is 2.95. The zero-order valence-electron chi connectivity index (χ0n) is 12.6. The molecular formula is C15H30O2Si. The van der Waals surface area contributed by atoms with Crippen molar-refractivity contribution in [2.75, 3.05) is 0 Å². The van der Waals surface area contributed by atoms with Gasteiger partial charge in [0.1, 0.15) is 0 Å². The highest BCUT2D eigenvalue weighted by Gasteiger charge is 2.45. The van der Waals surface area contributed by atoms with E-state index in [1.165, 1.54) is 32.1 Å². The van der Waals surface area contributed by atoms with Gasteiger partial charge in [0.25, 0.3) is 5.97 Å². The van der Waals surface area contributed by atoms with Crippen molar-refractivity contribution in [2.45, 2.75) is 72.1 Å². The molecule has 1 atom stereocenters. The van der Waals surface area contributed by atoms with Crippen LogP contribution in [0.15, 0.2) is 0 Å². The fraction of sp³-hybridized carbons (Fsp3) is 0.933. The number of carbonyl (C=O) groups is 1. The Labute approximate surface area is 115 Å². The molecule has 1 aliphatic carbocycles. The molecule has 0 radical (unpaired) electrons. The van der Waals surface area contributed by atoms with Crippen molar-refractivity contribution < 1.29 is 9.22 Å². The van der Waals surface area contributed by atoms with Crippen LogP contribution in [0.4, 0.5) is 0 Å². The number of hydrogen-bond acceptors (Lipinski definition) is 2. The summed E-state index contributed by atoms with van der Waals surface area (Å²) in [7, 11) is 0.525. The maximum absolute atomic E-state index is 12.4. The van der Waals surface area contributed by atoms with Crippen LogP contribution >= 0.6 is 0 Å². The lowest BCUT2D eigenvalue weighted by Gasteiger charge is -2.42. The van der Waals surface area contributed by atoms with Gasteiger partial charge in [0.15, 0.2) is 0 Å². The van der Waals surface area contributed by atoms with Gasteiger partial charge in [-0.3, -0.25) is 4.79 Å². The lowest BCUT2D eigenvalue weighted by molar-refractivity contribution is -0.152. The van der Waals surface area contributed by atoms with E-state index in [1.54, 1.807) is 0 Å². The maximum atomic E-state index is 12.4. The zero-order valence-corrected chi connectivity index (χ0v) is 14.6. The first-order valence-electron chi connectivity index (χ1n) is 7.74. The van der Waals surface area contributed by atoms with Crippen LogP contribution in [0.3, 0.4) is 0 Å². The van der Waals surface area contributed by atoms with Crippen LogP contribution in [0.2, 0.25) is 0 Å². The van der Waals surface area contributed by atoms with E-state index < -0.39 is 0 Å². The Kier molecular flexibility index (Phi) is 6.40. The van der Waals surface area contributed by atoms with Crippen molar-refractivity contribution in [1.29, 1.82) is 0 Å². The summed E-state index contributed by atoms with van der Waals surface area (Å²) >= 11 is 0. The highest BCUT2D eigenvalue weighted by Crippen LogP contribution is 2.46. The average Bonchev–Trinajstić information content (AvgIpc) is 2.45. The molecule has 0 aliphatic heterocycles. The molecule has 0 aromatic carbocycles. The molecule has 0 spiro atoms. The molecule has 0 amide bonds. The maximum Gasteiger partial charge on any atom is 0.298 e. The third kappa shape index (κ3) is 2.98. The average molecular weight is 270 g/mol. The molecule has 0 aromatic rings. The Morgan fingerprint density at radius 1 is 1.22 bits per heavy atom. The molecule has 1 fully saturated rings. The number of hydrogen-bond donors (Lipinski definition) is 0. The van der Waals surface area contributed by atoms with Crippen LogP contribution < -0.4 is 0 Å². The minimum Gasteiger partial charge on any atom is -0.528 e. The zero-order chi connectivity index (χ0) is 13.6. The van der Waals surface area contributed by atoms with E-state index >= 15 is 0 Å². The normalized spacial score (nSPS) is 19.7. The van der Waals surface area contributed by atoms with Gasteiger partial charge in [0, 0.05) is 0 Å². The summed E-state index contributed by atoms with van der Waals surface area (Å²) in [5, 5.41) is 0. The summed E-state index contributed by atoms with van der Waals surface area (Å²) < 4.78 is 5.27. The molecule has 0 heterocycles. The van der Waals surface area contributed by atoms with Crippen LogP contribution in [0.5, 0.6) is 0 Å². The van der Waals surface area contributed by atoms with Crippen LogP contribution in [-0.4, -0.2) is 16.5 Å². The van der Waals surface area contributed by atoms with Gasteiger partial charge < -0.3 is 4.43 Å². The molecule has 0 aromatic heterocycles. The molecular weight excluding hydrogens is 240 g/mol. The topological polar surface area (TPSA) is 26.3 Å². The van der Waals surface area contributed by atoms with E-state index in [2.05, 4.69) is 20.8 Å². The van der Waals surface area contributed by atoms with Gasteiger partial charge in [-0.15, -0.1) is 0 Å². The highest BCUT2D eigenvalue weighted by molar-refractivity contribution is 6.06. The lowest BCUT2D eigenvalue weighted by Crippen LogP contribution is -2.42. The second-order valence-corrected chi connectivity index (χ2v) is 6.18. The minimum absolute atomic E-state index is 0.0802. The molecule has 1 saturated carbocycles. The SMILES string of the molecule is CCC(C1CCCCC1)C(CC)(CC)C(=O)O[SiH3]. The van der Waals surface area contributed by atoms with Crippen LogP contribution in [0.25, 0.3) is 0 Å². The Morgan fingerprint density at radius 2 is 1.78 bits per heavy atom. The van der Waals surface area contributed by atoms with Crippen molar-refractivity contribution in [3.05, 3.63) is 0 Å². The summed E-state index contributed by atoms with van der Waals surface area (Å²) in [5.74, 6) is 1.34. The number of rotatable bonds is 6. The third-order valence-electron chi connectivity index (χ3n) is 5.22. The van der Waals surface area contributed by atoms with Crippen LogP contribution in [-0.2, 0) is 9.22 Å². The van der Waals surface area contributed by atoms with Crippen molar-refractivity contribution in [2.24, 2.45) is 17.3 Å². The first kappa shape index (κ1) is 15.7. The fourth-order valence-electron chi connectivity index (χ4n) is 4.13. The Bertz CT molecular complexity index is 255. The van der Waals surface area contributed by atoms with Gasteiger partial charge in [-0.05, 0) is 24.7 Å². The summed E-state index contributed by atoms with van der Waals surface area (Å²) in [6.45, 7) is 6.57. The van der Waals surface area contributed by atoms with Gasteiger partial charge in [-0.25, -0.2) is 0 Å². The molecule has 18 heavy (non-hydrogen) atoms. The van der Waals surface area contributed by atoms with E-state index in [4.69, 9.17) is 4.43 Å². The van der Waals surface area contributed by atoms with E-state index in [0.29, 0.717) is 16.4 Å². The van der Waals surface area contributed by atoms with E-state index in [1.807, 2.05) is 0 Å². The predicted molar refractivity (Wildman–Crippen MR) is 79.4 cm³/mol. The van der Waals surface area contributed by atoms with Gasteiger partial charge in [0.2, 0.25) is 10.5 Å². The predicted octanol–water partition coefficient (Wildman–Crippen LogP) is 3.22. The molecule has 2 nitrogen and oxygen atoms in total. The minimum atomic E-state index is -0.210. The van der Waals surface area contributed by atoms with Crippen LogP contribution in [0.1, 0.15) is 72.1 Å². The smallest absolute Gasteiger partial charge is 0.298 e. The molecule has 106 valence electrons. The Hall–Kier alpha value is -0.313. The quantitative estimate of drug-likeness (QED) is 0.693. The molecule has 1 rings (SSSR count). The largest absolute Gasteiger partial charge is 0.528 e. The van der Waals surface area contributed by atoms with Gasteiger partial charge in [-0.1, -0.05) is 59.3 Å². The number of carbonyl (C=O) groups excluding carboxylic acids is 1. The first-order chi connectivity index (χ1) is 8.66. The second-order valence-electron chi connectivity index (χ2n) is 5.77. The summed E-state index contributed by atoms with van der Waals surface area (Å²) in [4.78, 5) is 12.4. The first-order valence-corrected chi connectivity index (χ1v) is 8.56. The molecule has 1 unspecified atom stereocenters. The summed E-state index contributed by atoms with van der Waals surface area (Å²) in [6.07, 6.45) is 9.68. The summed E-state index contributed by atoms with van der Waals surface area (Å²) in [6, 6.07) is 0. The van der Waals surface area contributed by atoms with Crippen molar-refractivity contribution >= 4 is 16.5 Å². The van der Waals surface area contributed by atoms with Gasteiger partial charge in [-0.2, -0.15) is 0 Å². The second kappa shape index (κ2) is 7.32. The molecule has 0 bridgehead atoms.